The molecule has 0 aliphatic rings. The highest BCUT2D eigenvalue weighted by Crippen LogP contribution is 2.31. The molecule has 5 nitrogen and oxygen atoms in total. The lowest BCUT2D eigenvalue weighted by atomic mass is 9.87. The summed E-state index contributed by atoms with van der Waals surface area (Å²) in [6.07, 6.45) is 1.72. The van der Waals surface area contributed by atoms with Crippen molar-refractivity contribution >= 4 is 28.7 Å². The molecule has 0 bridgehead atoms. The Morgan fingerprint density at radius 3 is 2.83 bits per heavy atom. The first kappa shape index (κ1) is 12.4. The lowest BCUT2D eigenvalue weighted by Gasteiger charge is -2.12. The van der Waals surface area contributed by atoms with Crippen LogP contribution in [0, 0.1) is 11.3 Å². The maximum absolute atomic E-state index is 11.2. The number of nitriles is 1. The number of carboxylic acid groups (broad SMARTS) is 1. The summed E-state index contributed by atoms with van der Waals surface area (Å²) in [7, 11) is 0. The quantitative estimate of drug-likeness (QED) is 0.858. The first-order valence-corrected chi connectivity index (χ1v) is 5.56. The van der Waals surface area contributed by atoms with E-state index >= 15 is 0 Å². The topological polar surface area (TPSA) is 78.9 Å². The lowest BCUT2D eigenvalue weighted by molar-refractivity contribution is 0.197. The molecule has 2 aromatic heterocycles. The molecule has 0 aliphatic carbocycles. The minimum atomic E-state index is -1.14. The fourth-order valence-corrected chi connectivity index (χ4v) is 1.91. The number of hydrogen-bond acceptors (Lipinski definition) is 3. The Labute approximate surface area is 108 Å². The average molecular weight is 264 g/mol. The number of carbonyl (C=O) groups is 1. The standard InChI is InChI=1S/C12H10ClN3O2/c1-12(2,6-14)8-5-16(11(17)18)9-3-7(13)4-15-10(8)9/h3-5H,1-2H3,(H,17,18). The van der Waals surface area contributed by atoms with Crippen molar-refractivity contribution in [3.63, 3.8) is 0 Å². The van der Waals surface area contributed by atoms with Gasteiger partial charge in [-0.1, -0.05) is 11.6 Å². The van der Waals surface area contributed by atoms with Crippen molar-refractivity contribution in [2.24, 2.45) is 0 Å². The van der Waals surface area contributed by atoms with Crippen molar-refractivity contribution < 1.29 is 9.90 Å². The highest BCUT2D eigenvalue weighted by molar-refractivity contribution is 6.31. The molecule has 92 valence electrons. The van der Waals surface area contributed by atoms with Gasteiger partial charge in [0.15, 0.2) is 0 Å². The zero-order valence-corrected chi connectivity index (χ0v) is 10.6. The highest BCUT2D eigenvalue weighted by atomic mass is 35.5. The molecule has 1 N–H and O–H groups in total. The van der Waals surface area contributed by atoms with Gasteiger partial charge in [0.2, 0.25) is 0 Å². The molecule has 2 heterocycles. The van der Waals surface area contributed by atoms with E-state index in [1.807, 2.05) is 0 Å². The van der Waals surface area contributed by atoms with E-state index in [2.05, 4.69) is 11.1 Å². The van der Waals surface area contributed by atoms with Gasteiger partial charge in [-0.3, -0.25) is 9.55 Å². The van der Waals surface area contributed by atoms with Gasteiger partial charge in [0.25, 0.3) is 0 Å². The maximum Gasteiger partial charge on any atom is 0.416 e. The second-order valence-corrected chi connectivity index (χ2v) is 4.89. The molecule has 2 rings (SSSR count). The molecule has 0 amide bonds. The minimum absolute atomic E-state index is 0.351. The van der Waals surface area contributed by atoms with Crippen molar-refractivity contribution in [3.8, 4) is 6.07 Å². The van der Waals surface area contributed by atoms with Crippen molar-refractivity contribution in [1.29, 1.82) is 5.26 Å². The Balaban J connectivity index is 2.86. The van der Waals surface area contributed by atoms with Crippen molar-refractivity contribution in [2.75, 3.05) is 0 Å². The van der Waals surface area contributed by atoms with Gasteiger partial charge in [0.05, 0.1) is 27.5 Å². The molecule has 0 saturated carbocycles. The van der Waals surface area contributed by atoms with E-state index in [9.17, 15) is 4.79 Å². The van der Waals surface area contributed by atoms with Crippen LogP contribution in [-0.2, 0) is 5.41 Å². The molecule has 6 heteroatoms. The number of rotatable bonds is 1. The van der Waals surface area contributed by atoms with E-state index < -0.39 is 11.5 Å². The first-order chi connectivity index (χ1) is 8.36. The van der Waals surface area contributed by atoms with Crippen LogP contribution in [0.25, 0.3) is 11.0 Å². The molecular weight excluding hydrogens is 254 g/mol. The van der Waals surface area contributed by atoms with Crippen molar-refractivity contribution in [2.45, 2.75) is 19.3 Å². The van der Waals surface area contributed by atoms with Gasteiger partial charge in [-0.2, -0.15) is 5.26 Å². The monoisotopic (exact) mass is 263 g/mol. The predicted octanol–water partition coefficient (Wildman–Crippen LogP) is 3.02. The van der Waals surface area contributed by atoms with Gasteiger partial charge >= 0.3 is 6.09 Å². The molecule has 0 atom stereocenters. The number of nitrogens with zero attached hydrogens (tertiary/aromatic N) is 3. The molecule has 0 fully saturated rings. The third-order valence-corrected chi connectivity index (χ3v) is 2.97. The fourth-order valence-electron chi connectivity index (χ4n) is 1.76. The van der Waals surface area contributed by atoms with Gasteiger partial charge in [-0.05, 0) is 19.9 Å². The normalized spacial score (nSPS) is 11.4. The van der Waals surface area contributed by atoms with Crippen LogP contribution in [0.1, 0.15) is 19.4 Å². The average Bonchev–Trinajstić information content (AvgIpc) is 2.68. The summed E-state index contributed by atoms with van der Waals surface area (Å²) in [5.41, 5.74) is 0.612. The Kier molecular flexibility index (Phi) is 2.76. The summed E-state index contributed by atoms with van der Waals surface area (Å²) in [6.45, 7) is 3.43. The van der Waals surface area contributed by atoms with Crippen LogP contribution in [0.3, 0.4) is 0 Å². The van der Waals surface area contributed by atoms with E-state index in [1.54, 1.807) is 13.8 Å². The summed E-state index contributed by atoms with van der Waals surface area (Å²) in [6, 6.07) is 3.66. The largest absolute Gasteiger partial charge is 0.464 e. The van der Waals surface area contributed by atoms with E-state index in [-0.39, 0.29) is 0 Å². The first-order valence-electron chi connectivity index (χ1n) is 5.18. The zero-order valence-electron chi connectivity index (χ0n) is 9.81. The summed E-state index contributed by atoms with van der Waals surface area (Å²) in [5, 5.41) is 18.6. The Morgan fingerprint density at radius 2 is 2.28 bits per heavy atom. The molecule has 0 aromatic carbocycles. The number of halogens is 1. The summed E-state index contributed by atoms with van der Waals surface area (Å²) >= 11 is 5.82. The van der Waals surface area contributed by atoms with Gasteiger partial charge in [-0.25, -0.2) is 4.79 Å². The van der Waals surface area contributed by atoms with Crippen molar-refractivity contribution in [1.82, 2.24) is 9.55 Å². The Bertz CT molecular complexity index is 682. The van der Waals surface area contributed by atoms with Crippen LogP contribution in [0.15, 0.2) is 18.5 Å². The summed E-state index contributed by atoms with van der Waals surface area (Å²) in [5.74, 6) is 0. The summed E-state index contributed by atoms with van der Waals surface area (Å²) < 4.78 is 1.03. The molecule has 18 heavy (non-hydrogen) atoms. The van der Waals surface area contributed by atoms with Crippen molar-refractivity contribution in [3.05, 3.63) is 29.0 Å². The zero-order chi connectivity index (χ0) is 13.5. The number of fused-ring (bicyclic) bond motifs is 1. The molecular formula is C12H10ClN3O2. The number of aromatic nitrogens is 2. The van der Waals surface area contributed by atoms with Crippen LogP contribution >= 0.6 is 11.6 Å². The minimum Gasteiger partial charge on any atom is -0.464 e. The molecule has 0 unspecified atom stereocenters. The Hall–Kier alpha value is -2.06. The molecule has 0 aliphatic heterocycles. The van der Waals surface area contributed by atoms with Crippen LogP contribution in [-0.4, -0.2) is 20.8 Å². The SMILES string of the molecule is CC(C)(C#N)c1cn(C(=O)O)c2cc(Cl)cnc12. The van der Waals surface area contributed by atoms with Crippen LogP contribution in [0.2, 0.25) is 5.02 Å². The Morgan fingerprint density at radius 1 is 1.61 bits per heavy atom. The second kappa shape index (κ2) is 4.00. The van der Waals surface area contributed by atoms with Crippen LogP contribution < -0.4 is 0 Å². The smallest absolute Gasteiger partial charge is 0.416 e. The predicted molar refractivity (Wildman–Crippen MR) is 66.8 cm³/mol. The van der Waals surface area contributed by atoms with Gasteiger partial charge in [0, 0.05) is 18.0 Å². The molecule has 0 saturated heterocycles. The molecule has 0 radical (unpaired) electrons. The van der Waals surface area contributed by atoms with E-state index in [0.717, 1.165) is 4.57 Å². The van der Waals surface area contributed by atoms with Gasteiger partial charge in [0.1, 0.15) is 0 Å². The van der Waals surface area contributed by atoms with Crippen LogP contribution in [0.5, 0.6) is 0 Å². The fraction of sp³-hybridized carbons (Fsp3) is 0.250. The maximum atomic E-state index is 11.2. The second-order valence-electron chi connectivity index (χ2n) is 4.45. The van der Waals surface area contributed by atoms with E-state index in [0.29, 0.717) is 21.6 Å². The third-order valence-electron chi connectivity index (χ3n) is 2.77. The van der Waals surface area contributed by atoms with E-state index in [4.69, 9.17) is 22.0 Å². The lowest BCUT2D eigenvalue weighted by Crippen LogP contribution is -2.14. The van der Waals surface area contributed by atoms with E-state index in [1.165, 1.54) is 18.5 Å². The number of hydrogen-bond donors (Lipinski definition) is 1. The summed E-state index contributed by atoms with van der Waals surface area (Å²) in [4.78, 5) is 15.3. The van der Waals surface area contributed by atoms with Gasteiger partial charge in [-0.15, -0.1) is 0 Å². The molecule has 2 aromatic rings. The number of pyridine rings is 1. The van der Waals surface area contributed by atoms with Gasteiger partial charge < -0.3 is 5.11 Å². The highest BCUT2D eigenvalue weighted by Gasteiger charge is 2.27. The third kappa shape index (κ3) is 1.81. The van der Waals surface area contributed by atoms with Crippen LogP contribution in [0.4, 0.5) is 4.79 Å². The molecule has 0 spiro atoms.